The Labute approximate surface area is 273 Å². The van der Waals surface area contributed by atoms with Crippen LogP contribution in [0.5, 0.6) is 5.75 Å². The third-order valence-corrected chi connectivity index (χ3v) is 13.4. The second-order valence-electron chi connectivity index (χ2n) is 14.7. The molecule has 0 amide bonds. The van der Waals surface area contributed by atoms with E-state index in [4.69, 9.17) is 12.6 Å². The van der Waals surface area contributed by atoms with Gasteiger partial charge < -0.3 is 15.3 Å². The van der Waals surface area contributed by atoms with Crippen molar-refractivity contribution in [2.45, 2.75) is 62.8 Å². The fourth-order valence-corrected chi connectivity index (χ4v) is 10.9. The van der Waals surface area contributed by atoms with Crippen molar-refractivity contribution in [1.82, 2.24) is 4.90 Å². The average Bonchev–Trinajstić information content (AvgIpc) is 3.51. The van der Waals surface area contributed by atoms with Crippen molar-refractivity contribution in [1.29, 1.82) is 0 Å². The van der Waals surface area contributed by atoms with E-state index in [1.807, 2.05) is 43.3 Å². The minimum absolute atomic E-state index is 0.0116. The maximum atomic E-state index is 17.6. The van der Waals surface area contributed by atoms with Crippen molar-refractivity contribution in [3.63, 3.8) is 0 Å². The number of fused-ring (bicyclic) bond motifs is 7. The van der Waals surface area contributed by atoms with Crippen LogP contribution >= 0.6 is 12.6 Å². The molecule has 3 N–H and O–H groups in total. The van der Waals surface area contributed by atoms with Gasteiger partial charge in [-0.05, 0) is 90.0 Å². The Morgan fingerprint density at radius 1 is 1.07 bits per heavy atom. The lowest BCUT2D eigenvalue weighted by atomic mass is 9.43. The van der Waals surface area contributed by atoms with Gasteiger partial charge in [-0.3, -0.25) is 14.5 Å². The molecule has 0 spiro atoms. The number of rotatable bonds is 6. The number of carbonyl (C=O) groups excluding carboxylic acids is 2. The molecule has 1 unspecified atom stereocenters. The predicted octanol–water partition coefficient (Wildman–Crippen LogP) is 5.32. The molecule has 0 aromatic heterocycles. The Balaban J connectivity index is 1.16. The highest BCUT2D eigenvalue weighted by atomic mass is 32.1. The molecule has 5 aliphatic rings. The van der Waals surface area contributed by atoms with Gasteiger partial charge in [0.25, 0.3) is 0 Å². The Morgan fingerprint density at radius 2 is 1.72 bits per heavy atom. The molecular formula is C37H41F2NO5S. The molecule has 7 rings (SSSR count). The summed E-state index contributed by atoms with van der Waals surface area (Å²) in [5, 5.41) is 31.5. The number of hydrogen-bond acceptors (Lipinski definition) is 7. The fraction of sp³-hybridized carbons (Fsp3) is 0.514. The summed E-state index contributed by atoms with van der Waals surface area (Å²) in [6, 6.07) is 15.1. The number of aliphatic hydroxyl groups excluding tert-OH is 2. The van der Waals surface area contributed by atoms with E-state index >= 15 is 8.78 Å². The number of benzene rings is 2. The van der Waals surface area contributed by atoms with Gasteiger partial charge >= 0.3 is 0 Å². The summed E-state index contributed by atoms with van der Waals surface area (Å²) in [7, 11) is 0. The highest BCUT2D eigenvalue weighted by molar-refractivity contribution is 7.80. The Bertz CT molecular complexity index is 1630. The molecule has 0 radical (unpaired) electrons. The lowest BCUT2D eigenvalue weighted by Gasteiger charge is -2.63. The van der Waals surface area contributed by atoms with Crippen LogP contribution in [0.15, 0.2) is 72.3 Å². The van der Waals surface area contributed by atoms with E-state index in [-0.39, 0.29) is 52.8 Å². The van der Waals surface area contributed by atoms with E-state index < -0.39 is 46.7 Å². The number of Topliss-reactive ketones (excluding diaryl/α,β-unsaturated/α-hetero) is 1. The Hall–Kier alpha value is -2.85. The topological polar surface area (TPSA) is 98.1 Å². The van der Waals surface area contributed by atoms with E-state index in [1.54, 1.807) is 19.1 Å². The monoisotopic (exact) mass is 649 g/mol. The molecule has 9 heteroatoms. The van der Waals surface area contributed by atoms with E-state index in [2.05, 4.69) is 4.90 Å². The third kappa shape index (κ3) is 4.24. The zero-order valence-electron chi connectivity index (χ0n) is 26.1. The molecule has 2 aromatic carbocycles. The molecule has 2 aromatic rings. The first-order valence-electron chi connectivity index (χ1n) is 16.2. The largest absolute Gasteiger partial charge is 0.508 e. The molecule has 3 saturated carbocycles. The van der Waals surface area contributed by atoms with Crippen LogP contribution in [0, 0.1) is 34.0 Å². The summed E-state index contributed by atoms with van der Waals surface area (Å²) in [5.41, 5.74) is -2.42. The standard InChI is InChI=1S/C37H41F2NO5S/c1-34-12-11-26(43)14-29(34)30(38)15-28-27-13-24-18-40(20-36(24,32(45)19-41)35(27,2)16-31(44)37(28,34)39)17-21-3-5-22(6-4-21)33(46)23-7-9-25(42)10-8-23/h3-12,14,24,27-28,30-31,33,41-42,44,46H,13,15-20H2,1-2H3/t24-,27-,28-,30-,31-,33?,34-,35-,36+,37-/m0/s1. The van der Waals surface area contributed by atoms with E-state index in [0.717, 1.165) is 16.7 Å². The van der Waals surface area contributed by atoms with Gasteiger partial charge in [0.2, 0.25) is 0 Å². The van der Waals surface area contributed by atoms with Gasteiger partial charge in [0.05, 0.1) is 16.8 Å². The van der Waals surface area contributed by atoms with Crippen molar-refractivity contribution in [2.75, 3.05) is 19.7 Å². The van der Waals surface area contributed by atoms with E-state index in [9.17, 15) is 24.9 Å². The molecule has 10 atom stereocenters. The van der Waals surface area contributed by atoms with Crippen LogP contribution in [-0.2, 0) is 16.1 Å². The normalized spacial score (nSPS) is 40.5. The number of hydrogen-bond donors (Lipinski definition) is 4. The van der Waals surface area contributed by atoms with Gasteiger partial charge in [-0.25, -0.2) is 8.78 Å². The maximum Gasteiger partial charge on any atom is 0.178 e. The summed E-state index contributed by atoms with van der Waals surface area (Å²) in [5.74, 6) is -1.89. The molecule has 1 heterocycles. The molecule has 0 bridgehead atoms. The predicted molar refractivity (Wildman–Crippen MR) is 173 cm³/mol. The summed E-state index contributed by atoms with van der Waals surface area (Å²) in [6.45, 7) is 4.40. The highest BCUT2D eigenvalue weighted by Gasteiger charge is 2.78. The number of phenolic OH excluding ortho intramolecular Hbond substituents is 1. The number of thiol groups is 1. The second-order valence-corrected chi connectivity index (χ2v) is 15.3. The zero-order valence-corrected chi connectivity index (χ0v) is 27.0. The van der Waals surface area contributed by atoms with Gasteiger partial charge in [-0.1, -0.05) is 49.4 Å². The van der Waals surface area contributed by atoms with Gasteiger partial charge in [-0.15, -0.1) is 0 Å². The quantitative estimate of drug-likeness (QED) is 0.317. The number of aliphatic hydroxyl groups is 2. The summed E-state index contributed by atoms with van der Waals surface area (Å²) < 4.78 is 33.5. The molecule has 6 nitrogen and oxygen atoms in total. The molecule has 1 aliphatic heterocycles. The number of aromatic hydroxyl groups is 1. The number of ketones is 2. The van der Waals surface area contributed by atoms with Crippen LogP contribution < -0.4 is 0 Å². The Morgan fingerprint density at radius 3 is 2.37 bits per heavy atom. The minimum atomic E-state index is -2.20. The molecular weight excluding hydrogens is 608 g/mol. The number of nitrogens with zero attached hydrogens (tertiary/aromatic N) is 1. The van der Waals surface area contributed by atoms with Crippen molar-refractivity contribution < 1.29 is 33.7 Å². The molecule has 244 valence electrons. The summed E-state index contributed by atoms with van der Waals surface area (Å²) in [6.07, 6.45) is 1.25. The van der Waals surface area contributed by atoms with Crippen LogP contribution in [0.1, 0.15) is 55.1 Å². The van der Waals surface area contributed by atoms with Gasteiger partial charge in [-0.2, -0.15) is 12.6 Å². The number of alkyl halides is 2. The molecule has 1 saturated heterocycles. The molecule has 4 aliphatic carbocycles. The van der Waals surface area contributed by atoms with Crippen LogP contribution in [-0.4, -0.2) is 69.4 Å². The van der Waals surface area contributed by atoms with Gasteiger partial charge in [0.1, 0.15) is 18.5 Å². The van der Waals surface area contributed by atoms with Crippen LogP contribution in [0.3, 0.4) is 0 Å². The lowest BCUT2D eigenvalue weighted by molar-refractivity contribution is -0.212. The first kappa shape index (κ1) is 31.7. The smallest absolute Gasteiger partial charge is 0.178 e. The zero-order chi connectivity index (χ0) is 32.8. The van der Waals surface area contributed by atoms with Crippen LogP contribution in [0.4, 0.5) is 8.78 Å². The fourth-order valence-electron chi connectivity index (χ4n) is 10.6. The van der Waals surface area contributed by atoms with Crippen molar-refractivity contribution in [3.8, 4) is 5.75 Å². The first-order valence-corrected chi connectivity index (χ1v) is 16.7. The van der Waals surface area contributed by atoms with Gasteiger partial charge in [0, 0.05) is 31.0 Å². The minimum Gasteiger partial charge on any atom is -0.508 e. The SMILES string of the molecule is C[C@]12C=CC(=O)C=C1[C@@H](F)C[C@H]1[C@@H]3C[C@H]4CN(Cc5ccc(C(S)c6ccc(O)cc6)cc5)C[C@@]4(C(=O)CO)[C@@]3(C)C[C@H](O)[C@@]12F. The number of carbonyl (C=O) groups is 2. The van der Waals surface area contributed by atoms with Crippen molar-refractivity contribution in [3.05, 3.63) is 89.0 Å². The number of allylic oxidation sites excluding steroid dienone is 4. The molecule has 4 fully saturated rings. The summed E-state index contributed by atoms with van der Waals surface area (Å²) >= 11 is 4.78. The first-order chi connectivity index (χ1) is 21.8. The lowest BCUT2D eigenvalue weighted by Crippen LogP contribution is -2.69. The van der Waals surface area contributed by atoms with Crippen molar-refractivity contribution >= 4 is 24.2 Å². The number of halogens is 2. The second kappa shape index (κ2) is 10.8. The maximum absolute atomic E-state index is 17.6. The average molecular weight is 650 g/mol. The van der Waals surface area contributed by atoms with Crippen LogP contribution in [0.25, 0.3) is 0 Å². The van der Waals surface area contributed by atoms with Gasteiger partial charge in [0.15, 0.2) is 17.2 Å². The summed E-state index contributed by atoms with van der Waals surface area (Å²) in [4.78, 5) is 28.2. The number of likely N-dealkylation sites (tertiary alicyclic amines) is 1. The van der Waals surface area contributed by atoms with E-state index in [1.165, 1.54) is 18.2 Å². The number of phenols is 1. The van der Waals surface area contributed by atoms with Crippen molar-refractivity contribution in [2.24, 2.45) is 34.0 Å². The third-order valence-electron chi connectivity index (χ3n) is 12.8. The highest BCUT2D eigenvalue weighted by Crippen LogP contribution is 2.74. The Kier molecular flexibility index (Phi) is 7.48. The molecule has 46 heavy (non-hydrogen) atoms. The van der Waals surface area contributed by atoms with Crippen LogP contribution in [0.2, 0.25) is 0 Å². The van der Waals surface area contributed by atoms with E-state index in [0.29, 0.717) is 26.1 Å².